The lowest BCUT2D eigenvalue weighted by Gasteiger charge is -1.99. The third-order valence-corrected chi connectivity index (χ3v) is 2.14. The Morgan fingerprint density at radius 3 is 3.15 bits per heavy atom. The van der Waals surface area contributed by atoms with Gasteiger partial charge in [0.1, 0.15) is 0 Å². The smallest absolute Gasteiger partial charge is 0.0712 e. The molecule has 0 aromatic carbocycles. The van der Waals surface area contributed by atoms with Crippen LogP contribution in [0.2, 0.25) is 0 Å². The Labute approximate surface area is 76.4 Å². The van der Waals surface area contributed by atoms with Crippen LogP contribution in [0.15, 0.2) is 18.5 Å². The molecule has 68 valence electrons. The van der Waals surface area contributed by atoms with Crippen LogP contribution in [0, 0.1) is 0 Å². The molecule has 2 aromatic rings. The number of rotatable bonds is 2. The fourth-order valence-corrected chi connectivity index (χ4v) is 1.47. The van der Waals surface area contributed by atoms with Gasteiger partial charge in [0.15, 0.2) is 0 Å². The molecule has 2 rings (SSSR count). The van der Waals surface area contributed by atoms with Gasteiger partial charge in [0.2, 0.25) is 0 Å². The summed E-state index contributed by atoms with van der Waals surface area (Å²) in [5.74, 6) is 0. The van der Waals surface area contributed by atoms with Crippen LogP contribution in [0.1, 0.15) is 5.69 Å². The van der Waals surface area contributed by atoms with E-state index in [9.17, 15) is 0 Å². The number of nitrogens with two attached hydrogens (primary N) is 1. The van der Waals surface area contributed by atoms with Gasteiger partial charge in [-0.05, 0) is 12.6 Å². The van der Waals surface area contributed by atoms with E-state index in [1.54, 1.807) is 6.20 Å². The van der Waals surface area contributed by atoms with E-state index in [1.807, 2.05) is 24.0 Å². The van der Waals surface area contributed by atoms with Gasteiger partial charge in [-0.25, -0.2) is 0 Å². The maximum Gasteiger partial charge on any atom is 0.0712 e. The molecule has 0 saturated carbocycles. The van der Waals surface area contributed by atoms with Crippen molar-refractivity contribution >= 4 is 10.9 Å². The zero-order valence-electron chi connectivity index (χ0n) is 7.57. The van der Waals surface area contributed by atoms with Gasteiger partial charge in [-0.15, -0.1) is 0 Å². The molecule has 0 amide bonds. The number of aryl methyl sites for hydroxylation is 1. The molecule has 0 aliphatic carbocycles. The Kier molecular flexibility index (Phi) is 1.98. The van der Waals surface area contributed by atoms with Crippen molar-refractivity contribution in [2.45, 2.75) is 6.42 Å². The summed E-state index contributed by atoms with van der Waals surface area (Å²) in [4.78, 5) is 4.28. The second kappa shape index (κ2) is 3.14. The molecule has 2 heterocycles. The first-order valence-electron chi connectivity index (χ1n) is 4.28. The predicted molar refractivity (Wildman–Crippen MR) is 51.3 cm³/mol. The number of aromatic nitrogens is 3. The van der Waals surface area contributed by atoms with Crippen LogP contribution in [0.3, 0.4) is 0 Å². The van der Waals surface area contributed by atoms with E-state index in [2.05, 4.69) is 10.1 Å². The summed E-state index contributed by atoms with van der Waals surface area (Å²) in [6, 6.07) is 1.96. The van der Waals surface area contributed by atoms with Gasteiger partial charge in [-0.1, -0.05) is 0 Å². The van der Waals surface area contributed by atoms with Crippen molar-refractivity contribution in [3.05, 3.63) is 24.2 Å². The Morgan fingerprint density at radius 2 is 2.38 bits per heavy atom. The van der Waals surface area contributed by atoms with E-state index in [1.165, 1.54) is 0 Å². The Bertz CT molecular complexity index is 418. The number of fused-ring (bicyclic) bond motifs is 1. The van der Waals surface area contributed by atoms with Crippen LogP contribution in [-0.4, -0.2) is 21.3 Å². The molecule has 2 aromatic heterocycles. The molecule has 0 saturated heterocycles. The van der Waals surface area contributed by atoms with Crippen LogP contribution >= 0.6 is 0 Å². The lowest BCUT2D eigenvalue weighted by Crippen LogP contribution is -2.04. The average molecular weight is 176 g/mol. The minimum absolute atomic E-state index is 0.626. The largest absolute Gasteiger partial charge is 0.330 e. The van der Waals surface area contributed by atoms with Gasteiger partial charge in [0.25, 0.3) is 0 Å². The topological polar surface area (TPSA) is 56.7 Å². The van der Waals surface area contributed by atoms with E-state index >= 15 is 0 Å². The van der Waals surface area contributed by atoms with Crippen molar-refractivity contribution in [3.63, 3.8) is 0 Å². The van der Waals surface area contributed by atoms with Gasteiger partial charge < -0.3 is 5.73 Å². The SMILES string of the molecule is Cn1ncc2c(CCN)nccc21. The summed E-state index contributed by atoms with van der Waals surface area (Å²) in [6.07, 6.45) is 4.45. The predicted octanol–water partition coefficient (Wildman–Crippen LogP) is 0.469. The first kappa shape index (κ1) is 8.19. The van der Waals surface area contributed by atoms with Crippen LogP contribution in [0.25, 0.3) is 10.9 Å². The highest BCUT2D eigenvalue weighted by molar-refractivity contribution is 5.80. The molecule has 0 bridgehead atoms. The summed E-state index contributed by atoms with van der Waals surface area (Å²) in [7, 11) is 1.93. The number of hydrogen-bond donors (Lipinski definition) is 1. The highest BCUT2D eigenvalue weighted by Crippen LogP contribution is 2.15. The van der Waals surface area contributed by atoms with Gasteiger partial charge >= 0.3 is 0 Å². The average Bonchev–Trinajstić information content (AvgIpc) is 2.50. The molecule has 0 aliphatic heterocycles. The minimum Gasteiger partial charge on any atom is -0.330 e. The number of nitrogens with zero attached hydrogens (tertiary/aromatic N) is 3. The van der Waals surface area contributed by atoms with E-state index in [4.69, 9.17) is 5.73 Å². The first-order valence-corrected chi connectivity index (χ1v) is 4.28. The summed E-state index contributed by atoms with van der Waals surface area (Å²) >= 11 is 0. The standard InChI is InChI=1S/C9H12N4/c1-13-9-3-5-11-8(2-4-10)7(9)6-12-13/h3,5-6H,2,4,10H2,1H3. The van der Waals surface area contributed by atoms with Crippen LogP contribution in [-0.2, 0) is 13.5 Å². The highest BCUT2D eigenvalue weighted by atomic mass is 15.2. The molecule has 0 spiro atoms. The van der Waals surface area contributed by atoms with Crippen LogP contribution < -0.4 is 5.73 Å². The summed E-state index contributed by atoms with van der Waals surface area (Å²) < 4.78 is 1.84. The zero-order chi connectivity index (χ0) is 9.26. The van der Waals surface area contributed by atoms with Gasteiger partial charge in [0.05, 0.1) is 17.4 Å². The lowest BCUT2D eigenvalue weighted by molar-refractivity contribution is 0.796. The second-order valence-corrected chi connectivity index (χ2v) is 3.00. The zero-order valence-corrected chi connectivity index (χ0v) is 7.57. The fourth-order valence-electron chi connectivity index (χ4n) is 1.47. The summed E-state index contributed by atoms with van der Waals surface area (Å²) in [5, 5.41) is 5.28. The molecule has 2 N–H and O–H groups in total. The van der Waals surface area contributed by atoms with Crippen LogP contribution in [0.5, 0.6) is 0 Å². The Hall–Kier alpha value is -1.42. The summed E-state index contributed by atoms with van der Waals surface area (Å²) in [6.45, 7) is 0.626. The van der Waals surface area contributed by atoms with Gasteiger partial charge in [0, 0.05) is 25.1 Å². The third-order valence-electron chi connectivity index (χ3n) is 2.14. The molecule has 0 aliphatic rings. The van der Waals surface area contributed by atoms with E-state index in [0.29, 0.717) is 6.54 Å². The molecule has 0 unspecified atom stereocenters. The molecule has 13 heavy (non-hydrogen) atoms. The molecule has 0 atom stereocenters. The van der Waals surface area contributed by atoms with Crippen molar-refractivity contribution in [2.24, 2.45) is 12.8 Å². The fraction of sp³-hybridized carbons (Fsp3) is 0.333. The lowest BCUT2D eigenvalue weighted by atomic mass is 10.2. The summed E-state index contributed by atoms with van der Waals surface area (Å²) in [5.41, 5.74) is 7.64. The Morgan fingerprint density at radius 1 is 1.54 bits per heavy atom. The number of hydrogen-bond acceptors (Lipinski definition) is 3. The quantitative estimate of drug-likeness (QED) is 0.723. The van der Waals surface area contributed by atoms with Crippen molar-refractivity contribution in [2.75, 3.05) is 6.54 Å². The molecular weight excluding hydrogens is 164 g/mol. The van der Waals surface area contributed by atoms with Crippen LogP contribution in [0.4, 0.5) is 0 Å². The first-order chi connectivity index (χ1) is 6.33. The molecule has 4 nitrogen and oxygen atoms in total. The van der Waals surface area contributed by atoms with Gasteiger partial charge in [-0.3, -0.25) is 9.67 Å². The molecule has 0 radical (unpaired) electrons. The van der Waals surface area contributed by atoms with Crippen molar-refractivity contribution < 1.29 is 0 Å². The minimum atomic E-state index is 0.626. The number of pyridine rings is 1. The maximum atomic E-state index is 5.49. The highest BCUT2D eigenvalue weighted by Gasteiger charge is 2.04. The van der Waals surface area contributed by atoms with E-state index < -0.39 is 0 Å². The van der Waals surface area contributed by atoms with Crippen molar-refractivity contribution in [1.29, 1.82) is 0 Å². The second-order valence-electron chi connectivity index (χ2n) is 3.00. The Balaban J connectivity index is 2.63. The van der Waals surface area contributed by atoms with E-state index in [0.717, 1.165) is 23.0 Å². The third kappa shape index (κ3) is 1.29. The molecule has 4 heteroatoms. The maximum absolute atomic E-state index is 5.49. The molecular formula is C9H12N4. The van der Waals surface area contributed by atoms with Crippen molar-refractivity contribution in [3.8, 4) is 0 Å². The van der Waals surface area contributed by atoms with Gasteiger partial charge in [-0.2, -0.15) is 5.10 Å². The van der Waals surface area contributed by atoms with E-state index in [-0.39, 0.29) is 0 Å². The monoisotopic (exact) mass is 176 g/mol. The normalized spacial score (nSPS) is 10.9. The molecule has 0 fully saturated rings. The van der Waals surface area contributed by atoms with Crippen molar-refractivity contribution in [1.82, 2.24) is 14.8 Å².